The van der Waals surface area contributed by atoms with E-state index < -0.39 is 0 Å². The molecule has 1 N–H and O–H groups in total. The van der Waals surface area contributed by atoms with E-state index in [1.54, 1.807) is 0 Å². The molecule has 2 rings (SSSR count). The van der Waals surface area contributed by atoms with E-state index in [0.717, 1.165) is 30.5 Å². The van der Waals surface area contributed by atoms with Gasteiger partial charge in [-0.15, -0.1) is 0 Å². The maximum atomic E-state index is 11.2. The molecule has 0 aromatic carbocycles. The van der Waals surface area contributed by atoms with Gasteiger partial charge in [0.1, 0.15) is 0 Å². The minimum Gasteiger partial charge on any atom is -0.338 e. The predicted octanol–water partition coefficient (Wildman–Crippen LogP) is 2.15. The topological polar surface area (TPSA) is 55.1 Å². The van der Waals surface area contributed by atoms with Crippen molar-refractivity contribution in [2.75, 3.05) is 5.32 Å². The Morgan fingerprint density at radius 3 is 3.20 bits per heavy atom. The lowest BCUT2D eigenvalue weighted by atomic mass is 9.89. The van der Waals surface area contributed by atoms with Gasteiger partial charge >= 0.3 is 0 Å². The van der Waals surface area contributed by atoms with Gasteiger partial charge in [-0.3, -0.25) is 10.1 Å². The van der Waals surface area contributed by atoms with Crippen LogP contribution in [0.25, 0.3) is 0 Å². The van der Waals surface area contributed by atoms with Crippen LogP contribution in [-0.4, -0.2) is 11.1 Å². The Bertz CT molecular complexity index is 371. The zero-order chi connectivity index (χ0) is 10.8. The number of rotatable bonds is 2. The molecule has 4 nitrogen and oxygen atoms in total. The summed E-state index contributed by atoms with van der Waals surface area (Å²) >= 11 is 0. The van der Waals surface area contributed by atoms with Gasteiger partial charge in [-0.1, -0.05) is 19.0 Å². The number of nitrogens with zero attached hydrogens (tertiary/aromatic N) is 1. The van der Waals surface area contributed by atoms with Crippen LogP contribution in [0.15, 0.2) is 4.52 Å². The highest BCUT2D eigenvalue weighted by molar-refractivity contribution is 5.89. The average molecular weight is 208 g/mol. The normalized spacial score (nSPS) is 19.7. The maximum Gasteiger partial charge on any atom is 0.234 e. The second-order valence-corrected chi connectivity index (χ2v) is 4.19. The van der Waals surface area contributed by atoms with Gasteiger partial charge in [0.2, 0.25) is 11.8 Å². The monoisotopic (exact) mass is 208 g/mol. The summed E-state index contributed by atoms with van der Waals surface area (Å²) in [5.74, 6) is 1.18. The minimum atomic E-state index is -0.0211. The molecule has 0 spiro atoms. The highest BCUT2D eigenvalue weighted by atomic mass is 16.5. The van der Waals surface area contributed by atoms with Crippen molar-refractivity contribution < 1.29 is 9.32 Å². The van der Waals surface area contributed by atoms with Crippen molar-refractivity contribution >= 4 is 11.8 Å². The molecule has 1 heterocycles. The van der Waals surface area contributed by atoms with Crippen molar-refractivity contribution in [3.63, 3.8) is 0 Å². The van der Waals surface area contributed by atoms with Crippen LogP contribution in [0.1, 0.15) is 37.9 Å². The third kappa shape index (κ3) is 2.03. The van der Waals surface area contributed by atoms with E-state index in [1.165, 1.54) is 0 Å². The Hall–Kier alpha value is -1.32. The summed E-state index contributed by atoms with van der Waals surface area (Å²) < 4.78 is 5.16. The lowest BCUT2D eigenvalue weighted by Gasteiger charge is -2.16. The van der Waals surface area contributed by atoms with E-state index in [1.807, 2.05) is 6.92 Å². The van der Waals surface area contributed by atoms with Crippen LogP contribution in [0, 0.1) is 5.92 Å². The molecule has 0 radical (unpaired) electrons. The van der Waals surface area contributed by atoms with Gasteiger partial charge < -0.3 is 4.52 Å². The second kappa shape index (κ2) is 4.04. The minimum absolute atomic E-state index is 0.0211. The molecule has 82 valence electrons. The van der Waals surface area contributed by atoms with Gasteiger partial charge in [0.25, 0.3) is 0 Å². The number of fused-ring (bicyclic) bond motifs is 1. The van der Waals surface area contributed by atoms with Crippen molar-refractivity contribution in [3.8, 4) is 0 Å². The van der Waals surface area contributed by atoms with E-state index in [9.17, 15) is 4.79 Å². The van der Waals surface area contributed by atoms with Crippen LogP contribution in [-0.2, 0) is 17.6 Å². The molecule has 1 aromatic rings. The summed E-state index contributed by atoms with van der Waals surface area (Å²) in [7, 11) is 0. The number of aromatic nitrogens is 1. The number of carbonyl (C=O) groups is 1. The van der Waals surface area contributed by atoms with E-state index in [2.05, 4.69) is 17.4 Å². The summed E-state index contributed by atoms with van der Waals surface area (Å²) in [6, 6.07) is 0. The standard InChI is InChI=1S/C11H16N2O2/c1-3-10(14)12-11-8-6-7(2)4-5-9(8)13-15-11/h7H,3-6H2,1-2H3,(H,12,14)/t7-/m0/s1. The molecule has 0 unspecified atom stereocenters. The zero-order valence-electron chi connectivity index (χ0n) is 9.17. The van der Waals surface area contributed by atoms with Crippen molar-refractivity contribution in [2.45, 2.75) is 39.5 Å². The van der Waals surface area contributed by atoms with Crippen LogP contribution in [0.4, 0.5) is 5.88 Å². The Balaban J connectivity index is 2.19. The van der Waals surface area contributed by atoms with Crippen LogP contribution >= 0.6 is 0 Å². The third-order valence-electron chi connectivity index (χ3n) is 2.87. The van der Waals surface area contributed by atoms with Crippen molar-refractivity contribution in [1.82, 2.24) is 5.16 Å². The molecule has 0 saturated carbocycles. The Labute approximate surface area is 89.0 Å². The summed E-state index contributed by atoms with van der Waals surface area (Å²) in [5, 5.41) is 6.74. The molecule has 4 heteroatoms. The third-order valence-corrected chi connectivity index (χ3v) is 2.87. The number of hydrogen-bond donors (Lipinski definition) is 1. The first kappa shape index (κ1) is 10.2. The fourth-order valence-electron chi connectivity index (χ4n) is 1.90. The molecule has 0 saturated heterocycles. The van der Waals surface area contributed by atoms with E-state index >= 15 is 0 Å². The highest BCUT2D eigenvalue weighted by Crippen LogP contribution is 2.30. The van der Waals surface area contributed by atoms with Gasteiger partial charge in [0.15, 0.2) is 0 Å². The quantitative estimate of drug-likeness (QED) is 0.810. The second-order valence-electron chi connectivity index (χ2n) is 4.19. The maximum absolute atomic E-state index is 11.2. The summed E-state index contributed by atoms with van der Waals surface area (Å²) in [4.78, 5) is 11.2. The first-order chi connectivity index (χ1) is 7.20. The lowest BCUT2D eigenvalue weighted by Crippen LogP contribution is -2.14. The first-order valence-electron chi connectivity index (χ1n) is 5.48. The van der Waals surface area contributed by atoms with E-state index in [4.69, 9.17) is 4.52 Å². The van der Waals surface area contributed by atoms with Crippen LogP contribution in [0.5, 0.6) is 0 Å². The number of carbonyl (C=O) groups excluding carboxylic acids is 1. The predicted molar refractivity (Wildman–Crippen MR) is 56.6 cm³/mol. The van der Waals surface area contributed by atoms with Gasteiger partial charge in [-0.2, -0.15) is 0 Å². The Morgan fingerprint density at radius 2 is 2.47 bits per heavy atom. The van der Waals surface area contributed by atoms with Gasteiger partial charge in [-0.25, -0.2) is 0 Å². The number of anilines is 1. The Morgan fingerprint density at radius 1 is 1.67 bits per heavy atom. The summed E-state index contributed by atoms with van der Waals surface area (Å²) in [5.41, 5.74) is 2.11. The molecule has 1 aliphatic carbocycles. The molecule has 0 fully saturated rings. The van der Waals surface area contributed by atoms with Crippen molar-refractivity contribution in [3.05, 3.63) is 11.3 Å². The van der Waals surface area contributed by atoms with E-state index in [-0.39, 0.29) is 5.91 Å². The van der Waals surface area contributed by atoms with Crippen molar-refractivity contribution in [1.29, 1.82) is 0 Å². The number of aryl methyl sites for hydroxylation is 1. The number of hydrogen-bond acceptors (Lipinski definition) is 3. The molecule has 0 aliphatic heterocycles. The van der Waals surface area contributed by atoms with E-state index in [0.29, 0.717) is 18.2 Å². The molecule has 1 amide bonds. The number of nitrogens with one attached hydrogen (secondary N) is 1. The smallest absolute Gasteiger partial charge is 0.234 e. The van der Waals surface area contributed by atoms with Gasteiger partial charge in [-0.05, 0) is 25.2 Å². The first-order valence-corrected chi connectivity index (χ1v) is 5.48. The largest absolute Gasteiger partial charge is 0.338 e. The molecule has 0 bridgehead atoms. The van der Waals surface area contributed by atoms with Gasteiger partial charge in [0, 0.05) is 12.0 Å². The van der Waals surface area contributed by atoms with Crippen LogP contribution < -0.4 is 5.32 Å². The summed E-state index contributed by atoms with van der Waals surface area (Å²) in [6.07, 6.45) is 3.53. The molecular formula is C11H16N2O2. The molecule has 1 aromatic heterocycles. The SMILES string of the molecule is CCC(=O)Nc1onc2c1C[C@@H](C)CC2. The fraction of sp³-hybridized carbons (Fsp3) is 0.636. The zero-order valence-corrected chi connectivity index (χ0v) is 9.17. The Kier molecular flexibility index (Phi) is 2.75. The van der Waals surface area contributed by atoms with Crippen LogP contribution in [0.2, 0.25) is 0 Å². The fourth-order valence-corrected chi connectivity index (χ4v) is 1.90. The number of amides is 1. The molecule has 1 atom stereocenters. The molecule has 15 heavy (non-hydrogen) atoms. The van der Waals surface area contributed by atoms with Crippen molar-refractivity contribution in [2.24, 2.45) is 5.92 Å². The molecular weight excluding hydrogens is 192 g/mol. The highest BCUT2D eigenvalue weighted by Gasteiger charge is 2.23. The summed E-state index contributed by atoms with van der Waals surface area (Å²) in [6.45, 7) is 4.03. The average Bonchev–Trinajstić information content (AvgIpc) is 2.61. The lowest BCUT2D eigenvalue weighted by molar-refractivity contribution is -0.116. The molecule has 1 aliphatic rings. The van der Waals surface area contributed by atoms with Gasteiger partial charge in [0.05, 0.1) is 5.69 Å². The van der Waals surface area contributed by atoms with Crippen LogP contribution in [0.3, 0.4) is 0 Å².